The highest BCUT2D eigenvalue weighted by Crippen LogP contribution is 2.41. The number of fused-ring (bicyclic) bond motifs is 2. The van der Waals surface area contributed by atoms with E-state index >= 15 is 0 Å². The number of benzene rings is 2. The molecule has 2 heterocycles. The van der Waals surface area contributed by atoms with Gasteiger partial charge in [-0.25, -0.2) is 8.78 Å². The third kappa shape index (κ3) is 2.49. The fourth-order valence-corrected chi connectivity index (χ4v) is 3.96. The molecule has 2 aromatic carbocycles. The van der Waals surface area contributed by atoms with Crippen LogP contribution in [-0.2, 0) is 0 Å². The van der Waals surface area contributed by atoms with Crippen molar-refractivity contribution in [2.24, 2.45) is 4.99 Å². The van der Waals surface area contributed by atoms with Crippen molar-refractivity contribution in [2.75, 3.05) is 0 Å². The van der Waals surface area contributed by atoms with Gasteiger partial charge in [-0.3, -0.25) is 9.98 Å². The average molecular weight is 340 g/mol. The number of hydrogen-bond donors (Lipinski definition) is 0. The van der Waals surface area contributed by atoms with Crippen molar-refractivity contribution < 1.29 is 8.78 Å². The SMILES string of the molecule is CC1(C)N=C(c2cnc3c(F)c(F)ccc3c2)c2ccccc2S1. The molecule has 0 amide bonds. The number of nitrogens with zero attached hydrogens (tertiary/aromatic N) is 2. The van der Waals surface area contributed by atoms with E-state index in [1.165, 1.54) is 0 Å². The van der Waals surface area contributed by atoms with E-state index in [0.717, 1.165) is 27.8 Å². The molecule has 0 atom stereocenters. The Bertz CT molecular complexity index is 996. The van der Waals surface area contributed by atoms with Crippen LogP contribution >= 0.6 is 11.8 Å². The van der Waals surface area contributed by atoms with Crippen LogP contribution in [0.25, 0.3) is 10.9 Å². The van der Waals surface area contributed by atoms with Crippen molar-refractivity contribution in [1.82, 2.24) is 4.98 Å². The summed E-state index contributed by atoms with van der Waals surface area (Å²) in [7, 11) is 0. The summed E-state index contributed by atoms with van der Waals surface area (Å²) < 4.78 is 27.2. The summed E-state index contributed by atoms with van der Waals surface area (Å²) >= 11 is 1.70. The van der Waals surface area contributed by atoms with Crippen LogP contribution in [0.5, 0.6) is 0 Å². The number of aliphatic imine (C=N–C) groups is 1. The second-order valence-electron chi connectivity index (χ2n) is 6.16. The topological polar surface area (TPSA) is 25.2 Å². The van der Waals surface area contributed by atoms with Crippen molar-refractivity contribution in [1.29, 1.82) is 0 Å². The summed E-state index contributed by atoms with van der Waals surface area (Å²) in [6.07, 6.45) is 1.56. The molecule has 0 radical (unpaired) electrons. The maximum absolute atomic E-state index is 13.9. The third-order valence-corrected chi connectivity index (χ3v) is 5.07. The first kappa shape index (κ1) is 15.3. The van der Waals surface area contributed by atoms with Crippen LogP contribution in [0.15, 0.2) is 58.5 Å². The van der Waals surface area contributed by atoms with Crippen LogP contribution in [0.1, 0.15) is 25.0 Å². The third-order valence-electron chi connectivity index (χ3n) is 3.90. The number of thioether (sulfide) groups is 1. The molecule has 0 N–H and O–H groups in total. The van der Waals surface area contributed by atoms with Crippen LogP contribution in [0.2, 0.25) is 0 Å². The molecule has 0 saturated heterocycles. The molecule has 120 valence electrons. The molecule has 0 bridgehead atoms. The van der Waals surface area contributed by atoms with Crippen molar-refractivity contribution >= 4 is 28.4 Å². The molecular weight excluding hydrogens is 326 g/mol. The minimum atomic E-state index is -0.916. The molecule has 2 nitrogen and oxygen atoms in total. The van der Waals surface area contributed by atoms with Gasteiger partial charge in [0.15, 0.2) is 11.6 Å². The molecule has 0 spiro atoms. The molecule has 5 heteroatoms. The first-order valence-electron chi connectivity index (χ1n) is 7.57. The fourth-order valence-electron chi connectivity index (χ4n) is 2.86. The van der Waals surface area contributed by atoms with E-state index in [2.05, 4.69) is 24.9 Å². The molecule has 1 aromatic heterocycles. The smallest absolute Gasteiger partial charge is 0.184 e. The molecule has 0 unspecified atom stereocenters. The Morgan fingerprint density at radius 2 is 1.83 bits per heavy atom. The van der Waals surface area contributed by atoms with Crippen LogP contribution < -0.4 is 0 Å². The summed E-state index contributed by atoms with van der Waals surface area (Å²) in [5.41, 5.74) is 2.70. The van der Waals surface area contributed by atoms with Gasteiger partial charge in [-0.1, -0.05) is 30.0 Å². The molecule has 4 rings (SSSR count). The zero-order chi connectivity index (χ0) is 16.9. The lowest BCUT2D eigenvalue weighted by atomic mass is 10.0. The van der Waals surface area contributed by atoms with Gasteiger partial charge in [0.25, 0.3) is 0 Å². The lowest BCUT2D eigenvalue weighted by Crippen LogP contribution is -2.22. The Balaban J connectivity index is 1.93. The molecule has 0 fully saturated rings. The molecule has 0 saturated carbocycles. The molecule has 1 aliphatic rings. The summed E-state index contributed by atoms with van der Waals surface area (Å²) in [4.78, 5) is 9.83. The van der Waals surface area contributed by atoms with E-state index in [4.69, 9.17) is 4.99 Å². The highest BCUT2D eigenvalue weighted by Gasteiger charge is 2.28. The fraction of sp³-hybridized carbons (Fsp3) is 0.158. The maximum Gasteiger partial charge on any atom is 0.184 e. The Labute approximate surface area is 142 Å². The summed E-state index contributed by atoms with van der Waals surface area (Å²) in [6, 6.07) is 12.5. The van der Waals surface area contributed by atoms with Gasteiger partial charge >= 0.3 is 0 Å². The number of rotatable bonds is 1. The van der Waals surface area contributed by atoms with Gasteiger partial charge in [0, 0.05) is 27.6 Å². The number of hydrogen-bond acceptors (Lipinski definition) is 3. The summed E-state index contributed by atoms with van der Waals surface area (Å²) in [6.45, 7) is 4.11. The number of pyridine rings is 1. The summed E-state index contributed by atoms with van der Waals surface area (Å²) in [5, 5.41) is 0.558. The van der Waals surface area contributed by atoms with E-state index in [1.807, 2.05) is 24.3 Å². The number of halogens is 2. The van der Waals surface area contributed by atoms with Gasteiger partial charge in [-0.15, -0.1) is 0 Å². The van der Waals surface area contributed by atoms with Gasteiger partial charge in [0.2, 0.25) is 0 Å². The van der Waals surface area contributed by atoms with Crippen LogP contribution in [0.3, 0.4) is 0 Å². The highest BCUT2D eigenvalue weighted by molar-refractivity contribution is 8.00. The van der Waals surface area contributed by atoms with Gasteiger partial charge in [-0.2, -0.15) is 0 Å². The first-order chi connectivity index (χ1) is 11.4. The molecule has 24 heavy (non-hydrogen) atoms. The molecule has 0 aliphatic carbocycles. The quantitative estimate of drug-likeness (QED) is 0.609. The van der Waals surface area contributed by atoms with E-state index in [-0.39, 0.29) is 10.4 Å². The van der Waals surface area contributed by atoms with Gasteiger partial charge in [0.1, 0.15) is 10.4 Å². The molecule has 3 aromatic rings. The second-order valence-corrected chi connectivity index (χ2v) is 7.81. The maximum atomic E-state index is 13.9. The van der Waals surface area contributed by atoms with Crippen LogP contribution in [0.4, 0.5) is 8.78 Å². The van der Waals surface area contributed by atoms with Crippen molar-refractivity contribution in [3.63, 3.8) is 0 Å². The van der Waals surface area contributed by atoms with E-state index in [9.17, 15) is 8.78 Å². The Kier molecular flexibility index (Phi) is 3.42. The van der Waals surface area contributed by atoms with Crippen LogP contribution in [-0.4, -0.2) is 15.6 Å². The lowest BCUT2D eigenvalue weighted by molar-refractivity contribution is 0.515. The average Bonchev–Trinajstić information content (AvgIpc) is 2.56. The monoisotopic (exact) mass is 340 g/mol. The van der Waals surface area contributed by atoms with Crippen LogP contribution in [0, 0.1) is 11.6 Å². The standard InChI is InChI=1S/C19H14F2N2S/c1-19(2)23-17(13-5-3-4-6-15(13)24-19)12-9-11-7-8-14(20)16(21)18(11)22-10-12/h3-10H,1-2H3. The zero-order valence-electron chi connectivity index (χ0n) is 13.2. The Morgan fingerprint density at radius 1 is 1.04 bits per heavy atom. The first-order valence-corrected chi connectivity index (χ1v) is 8.39. The zero-order valence-corrected chi connectivity index (χ0v) is 14.0. The second kappa shape index (κ2) is 5.38. The minimum Gasteiger partial charge on any atom is -0.267 e. The predicted molar refractivity (Wildman–Crippen MR) is 93.7 cm³/mol. The van der Waals surface area contributed by atoms with Gasteiger partial charge in [0.05, 0.1) is 5.71 Å². The lowest BCUT2D eigenvalue weighted by Gasteiger charge is -2.28. The van der Waals surface area contributed by atoms with E-state index < -0.39 is 11.6 Å². The summed E-state index contributed by atoms with van der Waals surface area (Å²) in [5.74, 6) is -1.80. The Hall–Kier alpha value is -2.27. The van der Waals surface area contributed by atoms with E-state index in [1.54, 1.807) is 24.0 Å². The Morgan fingerprint density at radius 3 is 2.67 bits per heavy atom. The predicted octanol–water partition coefficient (Wildman–Crippen LogP) is 5.19. The van der Waals surface area contributed by atoms with Gasteiger partial charge in [-0.05, 0) is 38.1 Å². The van der Waals surface area contributed by atoms with Crippen molar-refractivity contribution in [3.05, 3.63) is 71.4 Å². The molecule has 1 aliphatic heterocycles. The van der Waals surface area contributed by atoms with E-state index in [0.29, 0.717) is 5.39 Å². The van der Waals surface area contributed by atoms with Crippen molar-refractivity contribution in [2.45, 2.75) is 23.6 Å². The highest BCUT2D eigenvalue weighted by atomic mass is 32.2. The minimum absolute atomic E-state index is 0.0390. The van der Waals surface area contributed by atoms with Gasteiger partial charge < -0.3 is 0 Å². The van der Waals surface area contributed by atoms with Crippen molar-refractivity contribution in [3.8, 4) is 0 Å². The largest absolute Gasteiger partial charge is 0.267 e. The normalized spacial score (nSPS) is 15.9. The number of aromatic nitrogens is 1. The molecular formula is C19H14F2N2S.